The van der Waals surface area contributed by atoms with Gasteiger partial charge in [-0.25, -0.2) is 0 Å². The van der Waals surface area contributed by atoms with Crippen LogP contribution in [0.5, 0.6) is 5.75 Å². The zero-order valence-electron chi connectivity index (χ0n) is 4.65. The Labute approximate surface area is 70.9 Å². The van der Waals surface area contributed by atoms with Crippen LogP contribution in [-0.2, 0) is 0 Å². The molecule has 1 nitrogen and oxygen atoms in total. The van der Waals surface area contributed by atoms with Crippen LogP contribution in [0.2, 0.25) is 0 Å². The van der Waals surface area contributed by atoms with Gasteiger partial charge in [-0.3, -0.25) is 0 Å². The van der Waals surface area contributed by atoms with Gasteiger partial charge in [0.1, 0.15) is 5.75 Å². The average Bonchev–Trinajstić information content (AvgIpc) is 1.69. The Morgan fingerprint density at radius 3 is 1.67 bits per heavy atom. The van der Waals surface area contributed by atoms with Gasteiger partial charge in [0.25, 0.3) is 0 Å². The largest absolute Gasteiger partial charge is 0.508 e. The normalized spacial score (nSPS) is 6.67. The maximum Gasteiger partial charge on any atom is 0.115 e. The van der Waals surface area contributed by atoms with Crippen molar-refractivity contribution in [2.45, 2.75) is 0 Å². The van der Waals surface area contributed by atoms with Crippen LogP contribution in [-0.4, -0.2) is 5.11 Å². The van der Waals surface area contributed by atoms with Crippen LogP contribution in [0.25, 0.3) is 0 Å². The molecule has 1 aromatic rings. The van der Waals surface area contributed by atoms with Crippen LogP contribution in [0, 0.1) is 0 Å². The standard InChI is InChI=1S/C6H6O.BrH.ClH/c7-6-4-2-1-3-5-6;;/h1-5,7H;2*1H. The highest BCUT2D eigenvalue weighted by Gasteiger charge is 1.74. The van der Waals surface area contributed by atoms with Gasteiger partial charge in [0.15, 0.2) is 0 Å². The van der Waals surface area contributed by atoms with E-state index >= 15 is 0 Å². The third-order valence-corrected chi connectivity index (χ3v) is 0.756. The third-order valence-electron chi connectivity index (χ3n) is 0.756. The van der Waals surface area contributed by atoms with Gasteiger partial charge in [-0.15, -0.1) is 29.4 Å². The molecule has 1 rings (SSSR count). The number of para-hydroxylation sites is 1. The molecule has 0 amide bonds. The van der Waals surface area contributed by atoms with Crippen molar-refractivity contribution in [2.75, 3.05) is 0 Å². The summed E-state index contributed by atoms with van der Waals surface area (Å²) in [6.07, 6.45) is 0. The number of phenolic OH excluding ortho intramolecular Hbond substituents is 1. The average molecular weight is 211 g/mol. The number of benzene rings is 1. The summed E-state index contributed by atoms with van der Waals surface area (Å²) in [5.41, 5.74) is 0. The molecule has 0 radical (unpaired) electrons. The van der Waals surface area contributed by atoms with Gasteiger partial charge in [-0.05, 0) is 12.1 Å². The highest BCUT2D eigenvalue weighted by molar-refractivity contribution is 8.93. The third kappa shape index (κ3) is 4.30. The summed E-state index contributed by atoms with van der Waals surface area (Å²) < 4.78 is 0. The van der Waals surface area contributed by atoms with Crippen molar-refractivity contribution >= 4 is 29.4 Å². The first-order valence-corrected chi connectivity index (χ1v) is 2.13. The molecule has 52 valence electrons. The molecule has 0 aromatic heterocycles. The number of rotatable bonds is 0. The van der Waals surface area contributed by atoms with Crippen molar-refractivity contribution in [3.05, 3.63) is 30.3 Å². The summed E-state index contributed by atoms with van der Waals surface area (Å²) in [6, 6.07) is 8.71. The molecule has 0 atom stereocenters. The maximum atomic E-state index is 8.63. The van der Waals surface area contributed by atoms with E-state index in [2.05, 4.69) is 0 Å². The Bertz CT molecular complexity index is 143. The summed E-state index contributed by atoms with van der Waals surface area (Å²) in [7, 11) is 0. The summed E-state index contributed by atoms with van der Waals surface area (Å²) in [6.45, 7) is 0. The fourth-order valence-corrected chi connectivity index (χ4v) is 0.428. The van der Waals surface area contributed by atoms with Crippen LogP contribution in [0.4, 0.5) is 0 Å². The van der Waals surface area contributed by atoms with Gasteiger partial charge < -0.3 is 5.11 Å². The fourth-order valence-electron chi connectivity index (χ4n) is 0.428. The summed E-state index contributed by atoms with van der Waals surface area (Å²) in [4.78, 5) is 0. The number of hydrogen-bond acceptors (Lipinski definition) is 1. The Morgan fingerprint density at radius 1 is 1.00 bits per heavy atom. The number of halogens is 2. The molecule has 0 heterocycles. The van der Waals surface area contributed by atoms with Gasteiger partial charge in [0.2, 0.25) is 0 Å². The molecular weight excluding hydrogens is 203 g/mol. The highest BCUT2D eigenvalue weighted by Crippen LogP contribution is 2.02. The van der Waals surface area contributed by atoms with E-state index in [1.165, 1.54) is 0 Å². The smallest absolute Gasteiger partial charge is 0.115 e. The molecule has 1 aromatic carbocycles. The Morgan fingerprint density at radius 2 is 1.44 bits per heavy atom. The van der Waals surface area contributed by atoms with Crippen LogP contribution < -0.4 is 0 Å². The second kappa shape index (κ2) is 5.92. The van der Waals surface area contributed by atoms with Crippen LogP contribution in [0.15, 0.2) is 30.3 Å². The van der Waals surface area contributed by atoms with E-state index in [-0.39, 0.29) is 29.4 Å². The van der Waals surface area contributed by atoms with E-state index in [1.807, 2.05) is 6.07 Å². The lowest BCUT2D eigenvalue weighted by Gasteiger charge is -1.82. The molecule has 1 N–H and O–H groups in total. The molecule has 3 heteroatoms. The maximum absolute atomic E-state index is 8.63. The molecule has 0 bridgehead atoms. The van der Waals surface area contributed by atoms with Gasteiger partial charge in [-0.2, -0.15) is 0 Å². The topological polar surface area (TPSA) is 20.2 Å². The number of hydrogen-bond donors (Lipinski definition) is 1. The second-order valence-corrected chi connectivity index (χ2v) is 1.34. The molecule has 0 saturated heterocycles. The van der Waals surface area contributed by atoms with E-state index in [0.29, 0.717) is 5.75 Å². The Hall–Kier alpha value is -0.210. The van der Waals surface area contributed by atoms with Crippen molar-refractivity contribution in [1.82, 2.24) is 0 Å². The predicted molar refractivity (Wildman–Crippen MR) is 45.7 cm³/mol. The van der Waals surface area contributed by atoms with Crippen molar-refractivity contribution in [3.8, 4) is 5.75 Å². The van der Waals surface area contributed by atoms with Crippen LogP contribution in [0.1, 0.15) is 0 Å². The molecule has 0 unspecified atom stereocenters. The van der Waals surface area contributed by atoms with Gasteiger partial charge in [0, 0.05) is 0 Å². The molecule has 0 fully saturated rings. The number of phenols is 1. The minimum absolute atomic E-state index is 0. The summed E-state index contributed by atoms with van der Waals surface area (Å²) in [5.74, 6) is 0.322. The second-order valence-electron chi connectivity index (χ2n) is 1.34. The minimum atomic E-state index is 0. The lowest BCUT2D eigenvalue weighted by atomic mass is 10.3. The molecule has 0 spiro atoms. The molecule has 0 aliphatic heterocycles. The molecular formula is C6H8BrClO. The van der Waals surface area contributed by atoms with Crippen LogP contribution >= 0.6 is 29.4 Å². The molecule has 0 aliphatic carbocycles. The van der Waals surface area contributed by atoms with Crippen LogP contribution in [0.3, 0.4) is 0 Å². The first-order valence-electron chi connectivity index (χ1n) is 2.13. The van der Waals surface area contributed by atoms with E-state index in [1.54, 1.807) is 24.3 Å². The van der Waals surface area contributed by atoms with E-state index in [4.69, 9.17) is 5.11 Å². The summed E-state index contributed by atoms with van der Waals surface area (Å²) >= 11 is 0. The zero-order chi connectivity index (χ0) is 5.11. The number of aromatic hydroxyl groups is 1. The van der Waals surface area contributed by atoms with Gasteiger partial charge in [0.05, 0.1) is 0 Å². The minimum Gasteiger partial charge on any atom is -0.508 e. The SMILES string of the molecule is Br.Cl.Oc1ccccc1. The first kappa shape index (κ1) is 11.6. The van der Waals surface area contributed by atoms with Crippen molar-refractivity contribution in [2.24, 2.45) is 0 Å². The van der Waals surface area contributed by atoms with Crippen molar-refractivity contribution < 1.29 is 5.11 Å². The molecule has 0 aliphatic rings. The lowest BCUT2D eigenvalue weighted by Crippen LogP contribution is -1.56. The first-order chi connectivity index (χ1) is 3.39. The fraction of sp³-hybridized carbons (Fsp3) is 0. The predicted octanol–water partition coefficient (Wildman–Crippen LogP) is 2.39. The lowest BCUT2D eigenvalue weighted by molar-refractivity contribution is 0.475. The Balaban J connectivity index is 0. The van der Waals surface area contributed by atoms with E-state index in [9.17, 15) is 0 Å². The highest BCUT2D eigenvalue weighted by atomic mass is 79.9. The van der Waals surface area contributed by atoms with E-state index in [0.717, 1.165) is 0 Å². The van der Waals surface area contributed by atoms with Crippen molar-refractivity contribution in [3.63, 3.8) is 0 Å². The molecule has 0 saturated carbocycles. The quantitative estimate of drug-likeness (QED) is 0.699. The van der Waals surface area contributed by atoms with Crippen molar-refractivity contribution in [1.29, 1.82) is 0 Å². The Kier molecular flexibility index (Phi) is 7.61. The van der Waals surface area contributed by atoms with Gasteiger partial charge in [-0.1, -0.05) is 18.2 Å². The molecule has 9 heavy (non-hydrogen) atoms. The van der Waals surface area contributed by atoms with Gasteiger partial charge >= 0.3 is 0 Å². The zero-order valence-corrected chi connectivity index (χ0v) is 7.18. The summed E-state index contributed by atoms with van der Waals surface area (Å²) in [5, 5.41) is 8.63. The monoisotopic (exact) mass is 210 g/mol. The van der Waals surface area contributed by atoms with E-state index < -0.39 is 0 Å².